The highest BCUT2D eigenvalue weighted by Crippen LogP contribution is 2.39. The van der Waals surface area contributed by atoms with Crippen molar-refractivity contribution in [3.8, 4) is 16.2 Å². The van der Waals surface area contributed by atoms with Crippen LogP contribution in [0.25, 0.3) is 10.4 Å². The molecule has 1 fully saturated rings. The molecule has 0 atom stereocenters. The first kappa shape index (κ1) is 26.0. The summed E-state index contributed by atoms with van der Waals surface area (Å²) in [5, 5.41) is 19.7. The van der Waals surface area contributed by atoms with Gasteiger partial charge in [0.05, 0.1) is 39.1 Å². The van der Waals surface area contributed by atoms with Crippen molar-refractivity contribution in [3.63, 3.8) is 0 Å². The SMILES string of the molecule is C/C(=N\NC(=O)c1ccc(C(=O)NCCN2CCOCC2)s1)c1csc(-c2ccc(C)c(C)c2)c1O. The van der Waals surface area contributed by atoms with Crippen molar-refractivity contribution in [2.45, 2.75) is 20.8 Å². The highest BCUT2D eigenvalue weighted by Gasteiger charge is 2.17. The van der Waals surface area contributed by atoms with Crippen LogP contribution in [0.5, 0.6) is 5.75 Å². The summed E-state index contributed by atoms with van der Waals surface area (Å²) in [5.41, 5.74) is 6.88. The Kier molecular flexibility index (Phi) is 8.52. The number of amides is 2. The third-order valence-corrected chi connectivity index (χ3v) is 8.22. The molecule has 0 bridgehead atoms. The van der Waals surface area contributed by atoms with Crippen LogP contribution >= 0.6 is 22.7 Å². The van der Waals surface area contributed by atoms with Crippen LogP contribution in [0.2, 0.25) is 0 Å². The number of hydrazone groups is 1. The van der Waals surface area contributed by atoms with Gasteiger partial charge in [-0.25, -0.2) is 5.43 Å². The van der Waals surface area contributed by atoms with Gasteiger partial charge >= 0.3 is 0 Å². The quantitative estimate of drug-likeness (QED) is 0.304. The van der Waals surface area contributed by atoms with Crippen LogP contribution < -0.4 is 10.7 Å². The topological polar surface area (TPSA) is 103 Å². The van der Waals surface area contributed by atoms with Gasteiger partial charge in [0, 0.05) is 31.6 Å². The molecule has 0 saturated carbocycles. The van der Waals surface area contributed by atoms with Crippen molar-refractivity contribution < 1.29 is 19.4 Å². The molecule has 0 radical (unpaired) electrons. The summed E-state index contributed by atoms with van der Waals surface area (Å²) in [4.78, 5) is 28.9. The second kappa shape index (κ2) is 11.8. The molecule has 190 valence electrons. The number of aromatic hydroxyl groups is 1. The zero-order chi connectivity index (χ0) is 25.7. The first-order valence-electron chi connectivity index (χ1n) is 11.7. The standard InChI is InChI=1S/C26H30N4O4S2/c1-16-4-5-19(14-17(16)2)24-23(31)20(15-35-24)18(3)28-29-26(33)22-7-6-21(36-22)25(32)27-8-9-30-10-12-34-13-11-30/h4-7,14-15,31H,8-13H2,1-3H3,(H,27,32)(H,29,33)/b28-18+. The van der Waals surface area contributed by atoms with E-state index in [0.29, 0.717) is 27.6 Å². The van der Waals surface area contributed by atoms with Crippen LogP contribution in [0, 0.1) is 13.8 Å². The highest BCUT2D eigenvalue weighted by atomic mass is 32.1. The van der Waals surface area contributed by atoms with Gasteiger partial charge in [0.1, 0.15) is 5.75 Å². The van der Waals surface area contributed by atoms with E-state index in [2.05, 4.69) is 20.7 Å². The Bertz CT molecular complexity index is 1270. The molecular formula is C26H30N4O4S2. The number of benzene rings is 1. The predicted octanol–water partition coefficient (Wildman–Crippen LogP) is 4.02. The molecule has 1 aromatic carbocycles. The molecule has 0 aliphatic carbocycles. The van der Waals surface area contributed by atoms with Gasteiger partial charge in [-0.15, -0.1) is 22.7 Å². The number of hydrogen-bond donors (Lipinski definition) is 3. The fraction of sp³-hybridized carbons (Fsp3) is 0.346. The molecule has 36 heavy (non-hydrogen) atoms. The molecular weight excluding hydrogens is 496 g/mol. The monoisotopic (exact) mass is 526 g/mol. The van der Waals surface area contributed by atoms with Crippen LogP contribution in [0.4, 0.5) is 0 Å². The van der Waals surface area contributed by atoms with Crippen LogP contribution in [0.1, 0.15) is 43.0 Å². The smallest absolute Gasteiger partial charge is 0.281 e. The number of rotatable bonds is 8. The zero-order valence-electron chi connectivity index (χ0n) is 20.6. The van der Waals surface area contributed by atoms with Crippen molar-refractivity contribution in [1.29, 1.82) is 0 Å². The van der Waals surface area contributed by atoms with Crippen LogP contribution in [-0.4, -0.2) is 66.9 Å². The second-order valence-electron chi connectivity index (χ2n) is 8.64. The lowest BCUT2D eigenvalue weighted by Gasteiger charge is -2.26. The van der Waals surface area contributed by atoms with Gasteiger partial charge in [-0.1, -0.05) is 18.2 Å². The average Bonchev–Trinajstić information content (AvgIpc) is 3.52. The van der Waals surface area contributed by atoms with E-state index in [0.717, 1.165) is 60.2 Å². The number of nitrogens with one attached hydrogen (secondary N) is 2. The van der Waals surface area contributed by atoms with E-state index in [1.165, 1.54) is 16.9 Å². The lowest BCUT2D eigenvalue weighted by molar-refractivity contribution is 0.0383. The highest BCUT2D eigenvalue weighted by molar-refractivity contribution is 7.16. The largest absolute Gasteiger partial charge is 0.506 e. The predicted molar refractivity (Wildman–Crippen MR) is 144 cm³/mol. The lowest BCUT2D eigenvalue weighted by atomic mass is 10.0. The first-order chi connectivity index (χ1) is 17.3. The van der Waals surface area contributed by atoms with Gasteiger partial charge in [-0.2, -0.15) is 5.10 Å². The number of ether oxygens (including phenoxy) is 1. The lowest BCUT2D eigenvalue weighted by Crippen LogP contribution is -2.41. The Balaban J connectivity index is 1.34. The summed E-state index contributed by atoms with van der Waals surface area (Å²) >= 11 is 2.54. The number of nitrogens with zero attached hydrogens (tertiary/aromatic N) is 2. The van der Waals surface area contributed by atoms with Gasteiger partial charge in [0.25, 0.3) is 11.8 Å². The third kappa shape index (κ3) is 6.19. The van der Waals surface area contributed by atoms with Crippen LogP contribution in [0.3, 0.4) is 0 Å². The Morgan fingerprint density at radius 1 is 1.08 bits per heavy atom. The summed E-state index contributed by atoms with van der Waals surface area (Å²) in [6.07, 6.45) is 0. The average molecular weight is 527 g/mol. The number of carbonyl (C=O) groups excluding carboxylic acids is 2. The second-order valence-corrected chi connectivity index (χ2v) is 10.6. The Hall–Kier alpha value is -3.05. The molecule has 1 aliphatic rings. The van der Waals surface area contributed by atoms with Gasteiger partial charge in [0.2, 0.25) is 0 Å². The number of carbonyl (C=O) groups is 2. The minimum Gasteiger partial charge on any atom is -0.506 e. The van der Waals surface area contributed by atoms with Crippen LogP contribution in [0.15, 0.2) is 40.8 Å². The molecule has 1 saturated heterocycles. The maximum Gasteiger partial charge on any atom is 0.281 e. The van der Waals surface area contributed by atoms with Crippen molar-refractivity contribution >= 4 is 40.2 Å². The summed E-state index contributed by atoms with van der Waals surface area (Å²) in [5.74, 6) is -0.462. The van der Waals surface area contributed by atoms with Gasteiger partial charge in [-0.05, 0) is 49.6 Å². The molecule has 3 N–H and O–H groups in total. The molecule has 2 amide bonds. The summed E-state index contributed by atoms with van der Waals surface area (Å²) in [6.45, 7) is 10.3. The Morgan fingerprint density at radius 3 is 2.53 bits per heavy atom. The van der Waals surface area contributed by atoms with E-state index < -0.39 is 5.91 Å². The van der Waals surface area contributed by atoms with Crippen molar-refractivity contribution in [1.82, 2.24) is 15.6 Å². The molecule has 3 heterocycles. The Morgan fingerprint density at radius 2 is 1.81 bits per heavy atom. The van der Waals surface area contributed by atoms with E-state index in [9.17, 15) is 14.7 Å². The van der Waals surface area contributed by atoms with E-state index in [1.54, 1.807) is 19.1 Å². The maximum atomic E-state index is 12.6. The maximum absolute atomic E-state index is 12.6. The van der Waals surface area contributed by atoms with Gasteiger partial charge in [0.15, 0.2) is 0 Å². The van der Waals surface area contributed by atoms with E-state index in [-0.39, 0.29) is 11.7 Å². The van der Waals surface area contributed by atoms with Gasteiger partial charge < -0.3 is 15.2 Å². The molecule has 8 nitrogen and oxygen atoms in total. The Labute approximate surface area is 218 Å². The number of morpholine rings is 1. The van der Waals surface area contributed by atoms with Crippen molar-refractivity contribution in [2.75, 3.05) is 39.4 Å². The molecule has 0 spiro atoms. The van der Waals surface area contributed by atoms with Crippen molar-refractivity contribution in [3.05, 3.63) is 62.2 Å². The normalized spacial score (nSPS) is 14.6. The molecule has 3 aromatic rings. The summed E-state index contributed by atoms with van der Waals surface area (Å²) < 4.78 is 5.33. The molecule has 1 aliphatic heterocycles. The minimum atomic E-state index is -0.407. The molecule has 4 rings (SSSR count). The van der Waals surface area contributed by atoms with E-state index in [1.807, 2.05) is 37.4 Å². The van der Waals surface area contributed by atoms with E-state index >= 15 is 0 Å². The summed E-state index contributed by atoms with van der Waals surface area (Å²) in [7, 11) is 0. The number of hydrogen-bond acceptors (Lipinski definition) is 8. The van der Waals surface area contributed by atoms with E-state index in [4.69, 9.17) is 4.74 Å². The zero-order valence-corrected chi connectivity index (χ0v) is 22.2. The number of aryl methyl sites for hydroxylation is 2. The van der Waals surface area contributed by atoms with Crippen molar-refractivity contribution in [2.24, 2.45) is 5.10 Å². The third-order valence-electron chi connectivity index (χ3n) is 6.12. The first-order valence-corrected chi connectivity index (χ1v) is 13.4. The van der Waals surface area contributed by atoms with Gasteiger partial charge in [-0.3, -0.25) is 14.5 Å². The summed E-state index contributed by atoms with van der Waals surface area (Å²) in [6, 6.07) is 9.32. The minimum absolute atomic E-state index is 0.144. The van der Waals surface area contributed by atoms with Crippen LogP contribution in [-0.2, 0) is 4.74 Å². The molecule has 10 heteroatoms. The molecule has 0 unspecified atom stereocenters. The fourth-order valence-corrected chi connectivity index (χ4v) is 5.58. The number of thiophene rings is 2. The molecule has 2 aromatic heterocycles. The fourth-order valence-electron chi connectivity index (χ4n) is 3.77.